The Kier molecular flexibility index (Phi) is 3.49. The Labute approximate surface area is 113 Å². The van der Waals surface area contributed by atoms with Gasteiger partial charge in [-0.2, -0.15) is 4.98 Å². The first-order chi connectivity index (χ1) is 9.36. The van der Waals surface area contributed by atoms with Crippen molar-refractivity contribution >= 4 is 21.6 Å². The van der Waals surface area contributed by atoms with E-state index in [2.05, 4.69) is 15.1 Å². The van der Waals surface area contributed by atoms with Gasteiger partial charge in [-0.25, -0.2) is 0 Å². The molecule has 3 heterocycles. The number of nitrogens with zero attached hydrogens (tertiary/aromatic N) is 3. The molecule has 19 heavy (non-hydrogen) atoms. The molecule has 0 aromatic carbocycles. The first-order valence-corrected chi connectivity index (χ1v) is 6.69. The molecule has 0 fully saturated rings. The number of hydrogen-bond donors (Lipinski definition) is 1. The molecule has 0 aliphatic rings. The van der Waals surface area contributed by atoms with Gasteiger partial charge >= 0.3 is 0 Å². The maximum atomic E-state index is 5.33. The Balaban J connectivity index is 1.81. The minimum Gasteiger partial charge on any atom is -0.370 e. The molecule has 3 rings (SSSR count). The van der Waals surface area contributed by atoms with Crippen LogP contribution in [0.15, 0.2) is 28.2 Å². The second kappa shape index (κ2) is 5.43. The van der Waals surface area contributed by atoms with Crippen molar-refractivity contribution in [2.24, 2.45) is 5.73 Å². The lowest BCUT2D eigenvalue weighted by atomic mass is 10.2. The molecule has 0 saturated carbocycles. The van der Waals surface area contributed by atoms with Crippen LogP contribution in [-0.2, 0) is 11.3 Å². The monoisotopic (exact) mass is 276 g/mol. The molecule has 2 N–H and O–H groups in total. The first kappa shape index (κ1) is 12.2. The van der Waals surface area contributed by atoms with Crippen LogP contribution in [-0.4, -0.2) is 28.3 Å². The van der Waals surface area contributed by atoms with Gasteiger partial charge in [-0.05, 0) is 17.5 Å². The van der Waals surface area contributed by atoms with Gasteiger partial charge in [-0.15, -0.1) is 11.3 Å². The van der Waals surface area contributed by atoms with E-state index in [-0.39, 0.29) is 6.61 Å². The highest BCUT2D eigenvalue weighted by atomic mass is 32.1. The molecule has 0 bridgehead atoms. The molecule has 0 spiro atoms. The van der Waals surface area contributed by atoms with Crippen molar-refractivity contribution in [2.75, 3.05) is 13.2 Å². The Bertz CT molecular complexity index is 679. The molecule has 0 atom stereocenters. The van der Waals surface area contributed by atoms with Crippen LogP contribution < -0.4 is 5.73 Å². The molecule has 3 aromatic heterocycles. The number of hydrogen-bond acceptors (Lipinski definition) is 7. The lowest BCUT2D eigenvalue weighted by Crippen LogP contribution is -2.08. The van der Waals surface area contributed by atoms with Crippen molar-refractivity contribution in [2.45, 2.75) is 6.61 Å². The lowest BCUT2D eigenvalue weighted by molar-refractivity contribution is 0.104. The molecule has 0 unspecified atom stereocenters. The topological polar surface area (TPSA) is 87.1 Å². The van der Waals surface area contributed by atoms with Crippen LogP contribution in [0.25, 0.3) is 21.6 Å². The number of rotatable bonds is 5. The van der Waals surface area contributed by atoms with Crippen molar-refractivity contribution in [1.82, 2.24) is 15.1 Å². The van der Waals surface area contributed by atoms with Gasteiger partial charge in [0.05, 0.1) is 16.8 Å². The minimum atomic E-state index is 0.277. The van der Waals surface area contributed by atoms with E-state index in [9.17, 15) is 0 Å². The normalized spacial score (nSPS) is 11.2. The van der Waals surface area contributed by atoms with Crippen LogP contribution in [0.5, 0.6) is 0 Å². The fourth-order valence-electron chi connectivity index (χ4n) is 1.64. The Morgan fingerprint density at radius 2 is 2.37 bits per heavy atom. The summed E-state index contributed by atoms with van der Waals surface area (Å²) in [6, 6.07) is 3.98. The molecule has 7 heteroatoms. The van der Waals surface area contributed by atoms with E-state index in [1.165, 1.54) is 0 Å². The molecule has 0 radical (unpaired) electrons. The SMILES string of the molecule is NCCOCc1nc(-c2cnc3ccsc3c2)no1. The molecule has 3 aromatic rings. The largest absolute Gasteiger partial charge is 0.370 e. The minimum absolute atomic E-state index is 0.277. The number of aromatic nitrogens is 3. The van der Waals surface area contributed by atoms with Gasteiger partial charge in [0.1, 0.15) is 6.61 Å². The van der Waals surface area contributed by atoms with Gasteiger partial charge in [-0.3, -0.25) is 4.98 Å². The van der Waals surface area contributed by atoms with Gasteiger partial charge in [0.15, 0.2) is 0 Å². The predicted octanol–water partition coefficient (Wildman–Crippen LogP) is 1.82. The van der Waals surface area contributed by atoms with Crippen LogP contribution in [0.4, 0.5) is 0 Å². The zero-order valence-electron chi connectivity index (χ0n) is 10.1. The Morgan fingerprint density at radius 1 is 1.42 bits per heavy atom. The zero-order chi connectivity index (χ0) is 13.1. The maximum absolute atomic E-state index is 5.33. The summed E-state index contributed by atoms with van der Waals surface area (Å²) in [6.07, 6.45) is 1.74. The summed E-state index contributed by atoms with van der Waals surface area (Å²) in [5, 5.41) is 5.93. The Morgan fingerprint density at radius 3 is 3.26 bits per heavy atom. The zero-order valence-corrected chi connectivity index (χ0v) is 10.9. The third-order valence-electron chi connectivity index (χ3n) is 2.52. The number of pyridine rings is 1. The van der Waals surface area contributed by atoms with Crippen LogP contribution in [0.2, 0.25) is 0 Å². The smallest absolute Gasteiger partial charge is 0.252 e. The quantitative estimate of drug-likeness (QED) is 0.715. The Hall–Kier alpha value is -1.83. The third-order valence-corrected chi connectivity index (χ3v) is 3.37. The van der Waals surface area contributed by atoms with E-state index in [0.29, 0.717) is 24.9 Å². The van der Waals surface area contributed by atoms with Crippen LogP contribution in [0.1, 0.15) is 5.89 Å². The molecule has 0 aliphatic heterocycles. The van der Waals surface area contributed by atoms with Gasteiger partial charge in [0, 0.05) is 18.3 Å². The summed E-state index contributed by atoms with van der Waals surface area (Å²) in [7, 11) is 0. The number of thiophene rings is 1. The van der Waals surface area contributed by atoms with E-state index in [1.54, 1.807) is 17.5 Å². The van der Waals surface area contributed by atoms with E-state index in [1.807, 2.05) is 17.5 Å². The predicted molar refractivity (Wildman–Crippen MR) is 71.6 cm³/mol. The van der Waals surface area contributed by atoms with E-state index >= 15 is 0 Å². The molecular weight excluding hydrogens is 264 g/mol. The molecule has 0 aliphatic carbocycles. The third kappa shape index (κ3) is 2.62. The summed E-state index contributed by atoms with van der Waals surface area (Å²) in [6.45, 7) is 1.22. The van der Waals surface area contributed by atoms with Crippen molar-refractivity contribution < 1.29 is 9.26 Å². The van der Waals surface area contributed by atoms with Crippen molar-refractivity contribution in [3.63, 3.8) is 0 Å². The highest BCUT2D eigenvalue weighted by Crippen LogP contribution is 2.24. The highest BCUT2D eigenvalue weighted by Gasteiger charge is 2.10. The second-order valence-electron chi connectivity index (χ2n) is 3.88. The summed E-state index contributed by atoms with van der Waals surface area (Å²) in [5.41, 5.74) is 7.15. The number of nitrogens with two attached hydrogens (primary N) is 1. The average molecular weight is 276 g/mol. The van der Waals surface area contributed by atoms with E-state index < -0.39 is 0 Å². The number of fused-ring (bicyclic) bond motifs is 1. The summed E-state index contributed by atoms with van der Waals surface area (Å²) in [5.74, 6) is 0.962. The fourth-order valence-corrected chi connectivity index (χ4v) is 2.42. The fraction of sp³-hybridized carbons (Fsp3) is 0.250. The van der Waals surface area contributed by atoms with Gasteiger partial charge in [-0.1, -0.05) is 5.16 Å². The molecule has 0 amide bonds. The van der Waals surface area contributed by atoms with E-state index in [0.717, 1.165) is 15.8 Å². The van der Waals surface area contributed by atoms with Crippen LogP contribution in [0, 0.1) is 0 Å². The number of ether oxygens (including phenoxy) is 1. The lowest BCUT2D eigenvalue weighted by Gasteiger charge is -1.95. The second-order valence-corrected chi connectivity index (χ2v) is 4.83. The first-order valence-electron chi connectivity index (χ1n) is 5.81. The summed E-state index contributed by atoms with van der Waals surface area (Å²) < 4.78 is 11.4. The van der Waals surface area contributed by atoms with Crippen LogP contribution in [0.3, 0.4) is 0 Å². The van der Waals surface area contributed by atoms with Crippen molar-refractivity contribution in [3.8, 4) is 11.4 Å². The highest BCUT2D eigenvalue weighted by molar-refractivity contribution is 7.17. The van der Waals surface area contributed by atoms with Gasteiger partial charge in [0.2, 0.25) is 5.82 Å². The molecule has 98 valence electrons. The van der Waals surface area contributed by atoms with Crippen molar-refractivity contribution in [3.05, 3.63) is 29.6 Å². The standard InChI is InChI=1S/C12H12N4O2S/c13-2-3-17-7-11-15-12(16-18-11)8-5-10-9(14-6-8)1-4-19-10/h1,4-6H,2-3,7,13H2. The maximum Gasteiger partial charge on any atom is 0.252 e. The summed E-state index contributed by atoms with van der Waals surface area (Å²) in [4.78, 5) is 8.61. The van der Waals surface area contributed by atoms with Crippen LogP contribution >= 0.6 is 11.3 Å². The molecular formula is C12H12N4O2S. The van der Waals surface area contributed by atoms with Gasteiger partial charge < -0.3 is 15.0 Å². The average Bonchev–Trinajstić information content (AvgIpc) is 3.06. The molecule has 0 saturated heterocycles. The van der Waals surface area contributed by atoms with Crippen molar-refractivity contribution in [1.29, 1.82) is 0 Å². The van der Waals surface area contributed by atoms with E-state index in [4.69, 9.17) is 15.0 Å². The van der Waals surface area contributed by atoms with Gasteiger partial charge in [0.25, 0.3) is 5.89 Å². The summed E-state index contributed by atoms with van der Waals surface area (Å²) >= 11 is 1.63. The molecule has 6 nitrogen and oxygen atoms in total.